The Balaban J connectivity index is 2.01. The van der Waals surface area contributed by atoms with Gasteiger partial charge in [0.2, 0.25) is 0 Å². The molecule has 0 unspecified atom stereocenters. The minimum absolute atomic E-state index is 0.0343. The molecule has 0 atom stereocenters. The van der Waals surface area contributed by atoms with Crippen molar-refractivity contribution in [3.63, 3.8) is 0 Å². The van der Waals surface area contributed by atoms with Gasteiger partial charge in [0.25, 0.3) is 0 Å². The molecular formula is C16H12FNO2. The lowest BCUT2D eigenvalue weighted by atomic mass is 10.2. The van der Waals surface area contributed by atoms with Gasteiger partial charge in [-0.05, 0) is 18.2 Å². The molecule has 3 rings (SSSR count). The summed E-state index contributed by atoms with van der Waals surface area (Å²) in [6, 6.07) is 13.8. The Kier molecular flexibility index (Phi) is 3.31. The fourth-order valence-corrected chi connectivity index (χ4v) is 2.02. The lowest BCUT2D eigenvalue weighted by Gasteiger charge is -2.10. The lowest BCUT2D eigenvalue weighted by Crippen LogP contribution is -1.95. The van der Waals surface area contributed by atoms with Crippen molar-refractivity contribution in [2.24, 2.45) is 0 Å². The first kappa shape index (κ1) is 12.6. The second kappa shape index (κ2) is 5.27. The Morgan fingerprint density at radius 3 is 2.80 bits per heavy atom. The molecule has 0 saturated carbocycles. The highest BCUT2D eigenvalue weighted by Gasteiger charge is 2.10. The number of aliphatic hydroxyl groups is 1. The summed E-state index contributed by atoms with van der Waals surface area (Å²) in [5.41, 5.74) is 1.24. The quantitative estimate of drug-likeness (QED) is 0.789. The number of halogens is 1. The molecule has 1 heterocycles. The molecule has 0 bridgehead atoms. The van der Waals surface area contributed by atoms with Gasteiger partial charge in [0.1, 0.15) is 5.75 Å². The minimum atomic E-state index is -0.510. The predicted molar refractivity (Wildman–Crippen MR) is 74.1 cm³/mol. The smallest absolute Gasteiger partial charge is 0.168 e. The van der Waals surface area contributed by atoms with Crippen molar-refractivity contribution in [3.05, 3.63) is 66.1 Å². The van der Waals surface area contributed by atoms with Crippen LogP contribution in [-0.2, 0) is 6.61 Å². The van der Waals surface area contributed by atoms with Crippen molar-refractivity contribution in [2.45, 2.75) is 6.61 Å². The number of fused-ring (bicyclic) bond motifs is 1. The van der Waals surface area contributed by atoms with Gasteiger partial charge in [0, 0.05) is 10.9 Å². The zero-order valence-corrected chi connectivity index (χ0v) is 10.6. The van der Waals surface area contributed by atoms with E-state index in [9.17, 15) is 9.50 Å². The van der Waals surface area contributed by atoms with Gasteiger partial charge in [0.05, 0.1) is 18.3 Å². The van der Waals surface area contributed by atoms with Crippen LogP contribution in [0.3, 0.4) is 0 Å². The van der Waals surface area contributed by atoms with Gasteiger partial charge in [-0.25, -0.2) is 4.39 Å². The molecule has 0 fully saturated rings. The maximum absolute atomic E-state index is 13.8. The molecule has 1 N–H and O–H groups in total. The van der Waals surface area contributed by atoms with Crippen molar-refractivity contribution in [1.82, 2.24) is 4.98 Å². The highest BCUT2D eigenvalue weighted by atomic mass is 19.1. The number of aromatic nitrogens is 1. The van der Waals surface area contributed by atoms with E-state index < -0.39 is 5.82 Å². The summed E-state index contributed by atoms with van der Waals surface area (Å²) in [5, 5.41) is 10.1. The average Bonchev–Trinajstić information content (AvgIpc) is 2.49. The molecule has 4 heteroatoms. The van der Waals surface area contributed by atoms with Crippen LogP contribution in [0.5, 0.6) is 11.5 Å². The van der Waals surface area contributed by atoms with E-state index in [1.54, 1.807) is 12.1 Å². The number of aliphatic hydroxyl groups excluding tert-OH is 1. The number of rotatable bonds is 3. The van der Waals surface area contributed by atoms with Crippen LogP contribution >= 0.6 is 0 Å². The Hall–Kier alpha value is -2.46. The summed E-state index contributed by atoms with van der Waals surface area (Å²) in [6.45, 7) is -0.284. The van der Waals surface area contributed by atoms with Crippen LogP contribution in [0.25, 0.3) is 10.9 Å². The standard InChI is InChI=1S/C16H12FNO2/c17-14-6-3-5-12(10-19)16(14)20-13-8-11-4-1-2-7-15(11)18-9-13/h1-9,19H,10H2. The summed E-state index contributed by atoms with van der Waals surface area (Å²) in [7, 11) is 0. The normalized spacial score (nSPS) is 10.7. The highest BCUT2D eigenvalue weighted by molar-refractivity contribution is 5.79. The first-order chi connectivity index (χ1) is 9.78. The van der Waals surface area contributed by atoms with E-state index in [1.807, 2.05) is 24.3 Å². The molecule has 0 amide bonds. The van der Waals surface area contributed by atoms with Gasteiger partial charge in [-0.15, -0.1) is 0 Å². The molecule has 100 valence electrons. The second-order valence-electron chi connectivity index (χ2n) is 4.35. The van der Waals surface area contributed by atoms with E-state index in [-0.39, 0.29) is 12.4 Å². The van der Waals surface area contributed by atoms with Crippen LogP contribution in [-0.4, -0.2) is 10.1 Å². The predicted octanol–water partition coefficient (Wildman–Crippen LogP) is 3.66. The molecule has 0 aliphatic rings. The summed E-state index contributed by atoms with van der Waals surface area (Å²) < 4.78 is 19.3. The van der Waals surface area contributed by atoms with Gasteiger partial charge in [-0.2, -0.15) is 0 Å². The molecule has 2 aromatic carbocycles. The van der Waals surface area contributed by atoms with Gasteiger partial charge in [0.15, 0.2) is 11.6 Å². The molecule has 3 nitrogen and oxygen atoms in total. The van der Waals surface area contributed by atoms with Crippen LogP contribution in [0, 0.1) is 5.82 Å². The topological polar surface area (TPSA) is 42.4 Å². The Bertz CT molecular complexity index is 758. The summed E-state index contributed by atoms with van der Waals surface area (Å²) >= 11 is 0. The molecule has 0 aliphatic carbocycles. The van der Waals surface area contributed by atoms with Crippen molar-refractivity contribution in [1.29, 1.82) is 0 Å². The minimum Gasteiger partial charge on any atom is -0.452 e. The van der Waals surface area contributed by atoms with Crippen LogP contribution in [0.2, 0.25) is 0 Å². The third kappa shape index (κ3) is 2.33. The summed E-state index contributed by atoms with van der Waals surface area (Å²) in [6.07, 6.45) is 1.54. The highest BCUT2D eigenvalue weighted by Crippen LogP contribution is 2.29. The van der Waals surface area contributed by atoms with E-state index in [1.165, 1.54) is 18.3 Å². The third-order valence-electron chi connectivity index (χ3n) is 3.00. The first-order valence-corrected chi connectivity index (χ1v) is 6.19. The molecule has 3 aromatic rings. The largest absolute Gasteiger partial charge is 0.452 e. The van der Waals surface area contributed by atoms with Crippen molar-refractivity contribution >= 4 is 10.9 Å². The van der Waals surface area contributed by atoms with Gasteiger partial charge >= 0.3 is 0 Å². The number of benzene rings is 2. The molecule has 0 radical (unpaired) electrons. The van der Waals surface area contributed by atoms with Gasteiger partial charge in [-0.3, -0.25) is 4.98 Å². The Morgan fingerprint density at radius 2 is 1.95 bits per heavy atom. The zero-order valence-electron chi connectivity index (χ0n) is 10.6. The number of hydrogen-bond donors (Lipinski definition) is 1. The van der Waals surface area contributed by atoms with Crippen LogP contribution in [0.4, 0.5) is 4.39 Å². The first-order valence-electron chi connectivity index (χ1n) is 6.19. The number of para-hydroxylation sites is 2. The number of pyridine rings is 1. The van der Waals surface area contributed by atoms with E-state index in [0.29, 0.717) is 11.3 Å². The number of hydrogen-bond acceptors (Lipinski definition) is 3. The molecule has 0 spiro atoms. The number of ether oxygens (including phenoxy) is 1. The molecular weight excluding hydrogens is 257 g/mol. The molecule has 1 aromatic heterocycles. The number of nitrogens with zero attached hydrogens (tertiary/aromatic N) is 1. The molecule has 0 saturated heterocycles. The van der Waals surface area contributed by atoms with E-state index in [4.69, 9.17) is 4.74 Å². The maximum Gasteiger partial charge on any atom is 0.168 e. The van der Waals surface area contributed by atoms with Crippen LogP contribution < -0.4 is 4.74 Å². The fraction of sp³-hybridized carbons (Fsp3) is 0.0625. The Labute approximate surface area is 115 Å². The average molecular weight is 269 g/mol. The zero-order chi connectivity index (χ0) is 13.9. The van der Waals surface area contributed by atoms with Crippen LogP contribution in [0.1, 0.15) is 5.56 Å². The maximum atomic E-state index is 13.8. The SMILES string of the molecule is OCc1cccc(F)c1Oc1cnc2ccccc2c1. The second-order valence-corrected chi connectivity index (χ2v) is 4.35. The Morgan fingerprint density at radius 1 is 1.10 bits per heavy atom. The van der Waals surface area contributed by atoms with E-state index in [2.05, 4.69) is 4.98 Å². The lowest BCUT2D eigenvalue weighted by molar-refractivity contribution is 0.274. The monoisotopic (exact) mass is 269 g/mol. The van der Waals surface area contributed by atoms with Gasteiger partial charge in [-0.1, -0.05) is 30.3 Å². The third-order valence-corrected chi connectivity index (χ3v) is 3.00. The summed E-state index contributed by atoms with van der Waals surface area (Å²) in [4.78, 5) is 4.25. The molecule has 20 heavy (non-hydrogen) atoms. The van der Waals surface area contributed by atoms with E-state index in [0.717, 1.165) is 10.9 Å². The summed E-state index contributed by atoms with van der Waals surface area (Å²) in [5.74, 6) is -0.0414. The van der Waals surface area contributed by atoms with E-state index >= 15 is 0 Å². The van der Waals surface area contributed by atoms with Crippen molar-refractivity contribution in [3.8, 4) is 11.5 Å². The van der Waals surface area contributed by atoms with Gasteiger partial charge < -0.3 is 9.84 Å². The fourth-order valence-electron chi connectivity index (χ4n) is 2.02. The van der Waals surface area contributed by atoms with Crippen molar-refractivity contribution < 1.29 is 14.2 Å². The van der Waals surface area contributed by atoms with Crippen LogP contribution in [0.15, 0.2) is 54.7 Å². The molecule has 0 aliphatic heterocycles. The van der Waals surface area contributed by atoms with Crippen molar-refractivity contribution in [2.75, 3.05) is 0 Å².